The molecule has 2 aliphatic carbocycles. The number of hydrogen-bond acceptors (Lipinski definition) is 5. The molecule has 1 aliphatic heterocycles. The predicted molar refractivity (Wildman–Crippen MR) is 135 cm³/mol. The van der Waals surface area contributed by atoms with Crippen molar-refractivity contribution < 1.29 is 17.9 Å². The fraction of sp³-hybridized carbons (Fsp3) is 0.462. The third-order valence-corrected chi connectivity index (χ3v) is 9.18. The van der Waals surface area contributed by atoms with Gasteiger partial charge in [0, 0.05) is 35.5 Å². The van der Waals surface area contributed by atoms with Crippen molar-refractivity contribution in [2.75, 3.05) is 23.7 Å². The number of ether oxygens (including phenoxy) is 2. The highest BCUT2D eigenvalue weighted by molar-refractivity contribution is 7.93. The lowest BCUT2D eigenvalue weighted by Gasteiger charge is -2.30. The Morgan fingerprint density at radius 3 is 2.35 bits per heavy atom. The number of rotatable bonds is 7. The van der Waals surface area contributed by atoms with Crippen molar-refractivity contribution in [1.29, 1.82) is 0 Å². The van der Waals surface area contributed by atoms with Crippen LogP contribution in [0.3, 0.4) is 0 Å². The van der Waals surface area contributed by atoms with Crippen molar-refractivity contribution in [3.8, 4) is 17.0 Å². The molecule has 2 aromatic carbocycles. The molecule has 7 nitrogen and oxygen atoms in total. The van der Waals surface area contributed by atoms with Gasteiger partial charge in [-0.1, -0.05) is 12.1 Å². The Morgan fingerprint density at radius 1 is 0.971 bits per heavy atom. The van der Waals surface area contributed by atoms with Crippen LogP contribution in [-0.4, -0.2) is 37.6 Å². The third-order valence-electron chi connectivity index (χ3n) is 7.31. The highest BCUT2D eigenvalue weighted by Gasteiger charge is 2.35. The van der Waals surface area contributed by atoms with Crippen LogP contribution in [-0.2, 0) is 14.8 Å². The van der Waals surface area contributed by atoms with Crippen LogP contribution in [0.15, 0.2) is 42.5 Å². The van der Waals surface area contributed by atoms with Gasteiger partial charge in [0.2, 0.25) is 10.0 Å². The number of fused-ring (bicyclic) bond motifs is 1. The SMILES string of the molecule is Nc1c(-c2ccc(NS(=O)(=O)C3CC3)cc2)n(C2CCC2)c2ccc(OC3CCOCC3)cc12. The van der Waals surface area contributed by atoms with Gasteiger partial charge < -0.3 is 19.8 Å². The summed E-state index contributed by atoms with van der Waals surface area (Å²) in [7, 11) is -3.28. The second kappa shape index (κ2) is 8.50. The molecular weight excluding hydrogens is 450 g/mol. The summed E-state index contributed by atoms with van der Waals surface area (Å²) < 4.78 is 41.4. The minimum Gasteiger partial charge on any atom is -0.490 e. The van der Waals surface area contributed by atoms with Crippen molar-refractivity contribution >= 4 is 32.3 Å². The largest absolute Gasteiger partial charge is 0.490 e. The Balaban J connectivity index is 1.35. The molecule has 0 radical (unpaired) electrons. The van der Waals surface area contributed by atoms with E-state index in [9.17, 15) is 8.42 Å². The number of nitrogens with zero attached hydrogens (tertiary/aromatic N) is 1. The zero-order chi connectivity index (χ0) is 23.3. The lowest BCUT2D eigenvalue weighted by molar-refractivity contribution is 0.0256. The molecule has 0 unspecified atom stereocenters. The molecule has 3 aliphatic rings. The van der Waals surface area contributed by atoms with Crippen LogP contribution in [0, 0.1) is 0 Å². The van der Waals surface area contributed by atoms with Gasteiger partial charge in [0.25, 0.3) is 0 Å². The van der Waals surface area contributed by atoms with Crippen molar-refractivity contribution in [2.45, 2.75) is 62.3 Å². The highest BCUT2D eigenvalue weighted by atomic mass is 32.2. The molecule has 0 spiro atoms. The van der Waals surface area contributed by atoms with Gasteiger partial charge in [0.15, 0.2) is 0 Å². The van der Waals surface area contributed by atoms with Crippen LogP contribution in [0.5, 0.6) is 5.75 Å². The normalized spacial score (nSPS) is 19.8. The van der Waals surface area contributed by atoms with E-state index in [-0.39, 0.29) is 11.4 Å². The Bertz CT molecular complexity index is 1300. The van der Waals surface area contributed by atoms with E-state index in [2.05, 4.69) is 21.4 Å². The molecule has 0 amide bonds. The Labute approximate surface area is 200 Å². The number of benzene rings is 2. The summed E-state index contributed by atoms with van der Waals surface area (Å²) in [4.78, 5) is 0. The molecule has 1 aromatic heterocycles. The number of aromatic nitrogens is 1. The number of sulfonamides is 1. The van der Waals surface area contributed by atoms with E-state index in [1.807, 2.05) is 30.3 Å². The van der Waals surface area contributed by atoms with E-state index in [4.69, 9.17) is 15.2 Å². The summed E-state index contributed by atoms with van der Waals surface area (Å²) in [6.45, 7) is 1.48. The molecule has 2 heterocycles. The molecule has 0 bridgehead atoms. The topological polar surface area (TPSA) is 95.6 Å². The first-order valence-corrected chi connectivity index (χ1v) is 13.8. The number of anilines is 2. The van der Waals surface area contributed by atoms with Crippen LogP contribution in [0.2, 0.25) is 0 Å². The lowest BCUT2D eigenvalue weighted by Crippen LogP contribution is -2.25. The molecule has 6 rings (SSSR count). The molecule has 0 atom stereocenters. The molecule has 1 saturated heterocycles. The molecular formula is C26H31N3O4S. The van der Waals surface area contributed by atoms with Gasteiger partial charge in [-0.15, -0.1) is 0 Å². The number of nitrogens with two attached hydrogens (primary N) is 1. The molecule has 8 heteroatoms. The fourth-order valence-electron chi connectivity index (χ4n) is 5.02. The van der Waals surface area contributed by atoms with E-state index in [0.717, 1.165) is 85.3 Å². The predicted octanol–water partition coefficient (Wildman–Crippen LogP) is 5.08. The minimum atomic E-state index is -3.28. The number of nitrogen functional groups attached to an aromatic ring is 1. The summed E-state index contributed by atoms with van der Waals surface area (Å²) in [5, 5.41) is 0.756. The van der Waals surface area contributed by atoms with Gasteiger partial charge in [0.1, 0.15) is 11.9 Å². The van der Waals surface area contributed by atoms with Gasteiger partial charge >= 0.3 is 0 Å². The van der Waals surface area contributed by atoms with Crippen molar-refractivity contribution in [3.63, 3.8) is 0 Å². The molecule has 3 N–H and O–H groups in total. The lowest BCUT2D eigenvalue weighted by atomic mass is 9.92. The zero-order valence-electron chi connectivity index (χ0n) is 19.2. The summed E-state index contributed by atoms with van der Waals surface area (Å²) in [5.74, 6) is 0.841. The first-order valence-electron chi connectivity index (χ1n) is 12.3. The van der Waals surface area contributed by atoms with Crippen LogP contribution in [0.4, 0.5) is 11.4 Å². The van der Waals surface area contributed by atoms with E-state index < -0.39 is 10.0 Å². The Morgan fingerprint density at radius 2 is 1.71 bits per heavy atom. The Hall–Kier alpha value is -2.71. The molecule has 3 fully saturated rings. The average molecular weight is 482 g/mol. The highest BCUT2D eigenvalue weighted by Crippen LogP contribution is 2.45. The minimum absolute atomic E-state index is 0.174. The molecule has 34 heavy (non-hydrogen) atoms. The first kappa shape index (κ1) is 21.8. The zero-order valence-corrected chi connectivity index (χ0v) is 20.0. The number of nitrogens with one attached hydrogen (secondary N) is 1. The first-order chi connectivity index (χ1) is 16.5. The van der Waals surface area contributed by atoms with Crippen LogP contribution < -0.4 is 15.2 Å². The number of hydrogen-bond donors (Lipinski definition) is 2. The van der Waals surface area contributed by atoms with E-state index >= 15 is 0 Å². The van der Waals surface area contributed by atoms with Crippen LogP contribution in [0.1, 0.15) is 51.0 Å². The van der Waals surface area contributed by atoms with Crippen molar-refractivity contribution in [3.05, 3.63) is 42.5 Å². The van der Waals surface area contributed by atoms with Crippen molar-refractivity contribution in [2.24, 2.45) is 0 Å². The van der Waals surface area contributed by atoms with Crippen molar-refractivity contribution in [1.82, 2.24) is 4.57 Å². The van der Waals surface area contributed by atoms with Gasteiger partial charge in [-0.2, -0.15) is 0 Å². The van der Waals surface area contributed by atoms with Gasteiger partial charge in [-0.25, -0.2) is 8.42 Å². The summed E-state index contributed by atoms with van der Waals surface area (Å²) in [6.07, 6.45) is 6.95. The quantitative estimate of drug-likeness (QED) is 0.491. The smallest absolute Gasteiger partial charge is 0.235 e. The summed E-state index contributed by atoms with van der Waals surface area (Å²) >= 11 is 0. The van der Waals surface area contributed by atoms with E-state index in [1.54, 1.807) is 0 Å². The van der Waals surface area contributed by atoms with Gasteiger partial charge in [0.05, 0.1) is 35.4 Å². The second-order valence-corrected chi connectivity index (χ2v) is 11.7. The summed E-state index contributed by atoms with van der Waals surface area (Å²) in [6, 6.07) is 14.2. The molecule has 3 aromatic rings. The fourth-order valence-corrected chi connectivity index (χ4v) is 6.41. The molecule has 2 saturated carbocycles. The van der Waals surface area contributed by atoms with Crippen LogP contribution >= 0.6 is 0 Å². The maximum Gasteiger partial charge on any atom is 0.235 e. The van der Waals surface area contributed by atoms with Gasteiger partial charge in [-0.3, -0.25) is 4.72 Å². The van der Waals surface area contributed by atoms with Gasteiger partial charge in [-0.05, 0) is 62.4 Å². The van der Waals surface area contributed by atoms with Crippen LogP contribution in [0.25, 0.3) is 22.2 Å². The summed E-state index contributed by atoms with van der Waals surface area (Å²) in [5.41, 5.74) is 11.2. The second-order valence-electron chi connectivity index (χ2n) is 9.75. The van der Waals surface area contributed by atoms with E-state index in [1.165, 1.54) is 6.42 Å². The standard InChI is InChI=1S/C26H31N3O4S/c27-25-23-16-21(33-20-12-14-32-15-13-20)8-11-24(23)29(19-2-1-3-19)26(25)17-4-6-18(7-5-17)28-34(30,31)22-9-10-22/h4-8,11,16,19-20,22,28H,1-3,9-10,12-15,27H2. The maximum atomic E-state index is 12.3. The Kier molecular flexibility index (Phi) is 5.45. The maximum absolute atomic E-state index is 12.3. The monoisotopic (exact) mass is 481 g/mol. The third kappa shape index (κ3) is 4.03. The average Bonchev–Trinajstić information content (AvgIpc) is 3.62. The van der Waals surface area contributed by atoms with E-state index in [0.29, 0.717) is 11.7 Å². The molecule has 180 valence electrons.